The van der Waals surface area contributed by atoms with Gasteiger partial charge in [0.1, 0.15) is 5.75 Å². The molecule has 0 spiro atoms. The van der Waals surface area contributed by atoms with Gasteiger partial charge in [0.2, 0.25) is 0 Å². The molecule has 1 unspecified atom stereocenters. The second-order valence-corrected chi connectivity index (χ2v) is 4.91. The molecule has 0 heterocycles. The summed E-state index contributed by atoms with van der Waals surface area (Å²) in [7, 11) is 0. The molecule has 20 heavy (non-hydrogen) atoms. The molecule has 0 aliphatic heterocycles. The van der Waals surface area contributed by atoms with Gasteiger partial charge in [-0.1, -0.05) is 19.1 Å². The molecule has 1 aromatic carbocycles. The van der Waals surface area contributed by atoms with Gasteiger partial charge in [-0.05, 0) is 43.1 Å². The Balaban J connectivity index is 2.14. The molecule has 0 saturated carbocycles. The van der Waals surface area contributed by atoms with Crippen molar-refractivity contribution in [3.05, 3.63) is 29.8 Å². The van der Waals surface area contributed by atoms with Gasteiger partial charge in [0.05, 0.1) is 13.0 Å². The van der Waals surface area contributed by atoms with Gasteiger partial charge in [-0.2, -0.15) is 0 Å². The van der Waals surface area contributed by atoms with Crippen LogP contribution in [0, 0.1) is 5.92 Å². The largest absolute Gasteiger partial charge is 0.494 e. The quantitative estimate of drug-likeness (QED) is 0.563. The lowest BCUT2D eigenvalue weighted by atomic mass is 10.1. The number of carbonyl (C=O) groups is 1. The van der Waals surface area contributed by atoms with Crippen LogP contribution in [0.15, 0.2) is 24.3 Å². The summed E-state index contributed by atoms with van der Waals surface area (Å²) in [6.07, 6.45) is 0.919. The van der Waals surface area contributed by atoms with Crippen LogP contribution in [-0.4, -0.2) is 42.5 Å². The minimum absolute atomic E-state index is 0.0350. The predicted molar refractivity (Wildman–Crippen MR) is 77.0 cm³/mol. The third-order valence-electron chi connectivity index (χ3n) is 2.85. The van der Waals surface area contributed by atoms with E-state index in [4.69, 9.17) is 14.9 Å². The lowest BCUT2D eigenvalue weighted by Crippen LogP contribution is -2.25. The number of carboxylic acids is 1. The number of ether oxygens (including phenoxy) is 1. The maximum absolute atomic E-state index is 10.5. The van der Waals surface area contributed by atoms with Crippen molar-refractivity contribution in [2.75, 3.05) is 26.3 Å². The lowest BCUT2D eigenvalue weighted by Gasteiger charge is -2.10. The van der Waals surface area contributed by atoms with E-state index >= 15 is 0 Å². The van der Waals surface area contributed by atoms with Crippen molar-refractivity contribution < 1.29 is 19.7 Å². The number of hydrogen-bond donors (Lipinski definition) is 3. The van der Waals surface area contributed by atoms with Gasteiger partial charge < -0.3 is 20.3 Å². The molecule has 0 aliphatic carbocycles. The number of benzene rings is 1. The molecule has 5 heteroatoms. The first kappa shape index (κ1) is 16.5. The van der Waals surface area contributed by atoms with E-state index in [-0.39, 0.29) is 18.9 Å². The van der Waals surface area contributed by atoms with Gasteiger partial charge in [0.15, 0.2) is 0 Å². The van der Waals surface area contributed by atoms with Crippen molar-refractivity contribution in [1.29, 1.82) is 0 Å². The monoisotopic (exact) mass is 281 g/mol. The van der Waals surface area contributed by atoms with Crippen LogP contribution in [0.4, 0.5) is 0 Å². The molecule has 0 amide bonds. The Hall–Kier alpha value is -1.59. The Morgan fingerprint density at radius 3 is 2.65 bits per heavy atom. The van der Waals surface area contributed by atoms with Crippen molar-refractivity contribution in [3.63, 3.8) is 0 Å². The number of nitrogens with one attached hydrogen (secondary N) is 1. The fraction of sp³-hybridized carbons (Fsp3) is 0.533. The van der Waals surface area contributed by atoms with Gasteiger partial charge >= 0.3 is 5.97 Å². The van der Waals surface area contributed by atoms with Crippen LogP contribution in [0.3, 0.4) is 0 Å². The zero-order valence-electron chi connectivity index (χ0n) is 11.8. The minimum atomic E-state index is -0.832. The fourth-order valence-electron chi connectivity index (χ4n) is 1.68. The van der Waals surface area contributed by atoms with Crippen LogP contribution >= 0.6 is 0 Å². The average molecular weight is 281 g/mol. The highest BCUT2D eigenvalue weighted by molar-refractivity contribution is 5.70. The summed E-state index contributed by atoms with van der Waals surface area (Å²) in [5, 5.41) is 20.8. The van der Waals surface area contributed by atoms with E-state index in [9.17, 15) is 4.79 Å². The van der Waals surface area contributed by atoms with Gasteiger partial charge in [0.25, 0.3) is 0 Å². The molecule has 0 bridgehead atoms. The van der Waals surface area contributed by atoms with Gasteiger partial charge in [-0.15, -0.1) is 0 Å². The van der Waals surface area contributed by atoms with Crippen molar-refractivity contribution in [2.24, 2.45) is 5.92 Å². The van der Waals surface area contributed by atoms with Gasteiger partial charge in [0, 0.05) is 6.61 Å². The summed E-state index contributed by atoms with van der Waals surface area (Å²) in [6, 6.07) is 7.12. The van der Waals surface area contributed by atoms with Crippen molar-refractivity contribution >= 4 is 5.97 Å². The first-order chi connectivity index (χ1) is 9.61. The average Bonchev–Trinajstić information content (AvgIpc) is 2.43. The maximum atomic E-state index is 10.5. The zero-order chi connectivity index (χ0) is 14.8. The molecule has 0 aromatic heterocycles. The van der Waals surface area contributed by atoms with Crippen LogP contribution in [0.2, 0.25) is 0 Å². The smallest absolute Gasteiger partial charge is 0.307 e. The lowest BCUT2D eigenvalue weighted by molar-refractivity contribution is -0.136. The Morgan fingerprint density at radius 2 is 2.05 bits per heavy atom. The highest BCUT2D eigenvalue weighted by atomic mass is 16.5. The Labute approximate surface area is 119 Å². The van der Waals surface area contributed by atoms with Crippen LogP contribution in [0.5, 0.6) is 5.75 Å². The van der Waals surface area contributed by atoms with Gasteiger partial charge in [-0.25, -0.2) is 0 Å². The van der Waals surface area contributed by atoms with E-state index in [1.165, 1.54) is 0 Å². The van der Waals surface area contributed by atoms with Crippen molar-refractivity contribution in [2.45, 2.75) is 19.8 Å². The SMILES string of the molecule is CC(CO)CNCCCOc1ccc(CC(=O)O)cc1. The molecule has 1 atom stereocenters. The number of rotatable bonds is 10. The molecular weight excluding hydrogens is 258 g/mol. The number of hydrogen-bond acceptors (Lipinski definition) is 4. The summed E-state index contributed by atoms with van der Waals surface area (Å²) in [6.45, 7) is 4.45. The molecular formula is C15H23NO4. The first-order valence-corrected chi connectivity index (χ1v) is 6.87. The second-order valence-electron chi connectivity index (χ2n) is 4.91. The Kier molecular flexibility index (Phi) is 7.69. The third-order valence-corrected chi connectivity index (χ3v) is 2.85. The van der Waals surface area contributed by atoms with Crippen LogP contribution in [-0.2, 0) is 11.2 Å². The topological polar surface area (TPSA) is 78.8 Å². The van der Waals surface area contributed by atoms with E-state index in [1.54, 1.807) is 24.3 Å². The minimum Gasteiger partial charge on any atom is -0.494 e. The molecule has 5 nitrogen and oxygen atoms in total. The molecule has 0 aliphatic rings. The Morgan fingerprint density at radius 1 is 1.35 bits per heavy atom. The maximum Gasteiger partial charge on any atom is 0.307 e. The molecule has 112 valence electrons. The van der Waals surface area contributed by atoms with Crippen molar-refractivity contribution in [1.82, 2.24) is 5.32 Å². The summed E-state index contributed by atoms with van der Waals surface area (Å²) in [4.78, 5) is 10.5. The van der Waals surface area contributed by atoms with E-state index in [0.29, 0.717) is 6.61 Å². The summed E-state index contributed by atoms with van der Waals surface area (Å²) < 4.78 is 5.56. The molecule has 0 saturated heterocycles. The molecule has 0 fully saturated rings. The standard InChI is InChI=1S/C15H23NO4/c1-12(11-17)10-16-7-2-8-20-14-5-3-13(4-6-14)9-15(18)19/h3-6,12,16-17H,2,7-11H2,1H3,(H,18,19). The number of aliphatic carboxylic acids is 1. The highest BCUT2D eigenvalue weighted by Crippen LogP contribution is 2.12. The van der Waals surface area contributed by atoms with E-state index < -0.39 is 5.97 Å². The summed E-state index contributed by atoms with van der Waals surface area (Å²) in [5.74, 6) is 0.197. The fourth-order valence-corrected chi connectivity index (χ4v) is 1.68. The molecule has 0 radical (unpaired) electrons. The van der Waals surface area contributed by atoms with Crippen LogP contribution < -0.4 is 10.1 Å². The van der Waals surface area contributed by atoms with Crippen molar-refractivity contribution in [3.8, 4) is 5.75 Å². The number of carboxylic acid groups (broad SMARTS) is 1. The number of aliphatic hydroxyl groups is 1. The second kappa shape index (κ2) is 9.34. The summed E-state index contributed by atoms with van der Waals surface area (Å²) in [5.41, 5.74) is 0.768. The molecule has 1 rings (SSSR count). The highest BCUT2D eigenvalue weighted by Gasteiger charge is 2.01. The van der Waals surface area contributed by atoms with E-state index in [0.717, 1.165) is 30.8 Å². The zero-order valence-corrected chi connectivity index (χ0v) is 11.8. The predicted octanol–water partition coefficient (Wildman–Crippen LogP) is 1.30. The number of aliphatic hydroxyl groups excluding tert-OH is 1. The van der Waals surface area contributed by atoms with Crippen LogP contribution in [0.1, 0.15) is 18.9 Å². The molecule has 1 aromatic rings. The normalized spacial score (nSPS) is 12.1. The summed E-state index contributed by atoms with van der Waals surface area (Å²) >= 11 is 0. The van der Waals surface area contributed by atoms with E-state index in [2.05, 4.69) is 5.32 Å². The van der Waals surface area contributed by atoms with E-state index in [1.807, 2.05) is 6.92 Å². The van der Waals surface area contributed by atoms with Gasteiger partial charge in [-0.3, -0.25) is 4.79 Å². The molecule has 3 N–H and O–H groups in total. The Bertz CT molecular complexity index is 391. The van der Waals surface area contributed by atoms with Crippen LogP contribution in [0.25, 0.3) is 0 Å². The third kappa shape index (κ3) is 7.11. The first-order valence-electron chi connectivity index (χ1n) is 6.87.